The first-order valence-electron chi connectivity index (χ1n) is 5.83. The Kier molecular flexibility index (Phi) is 4.44. The van der Waals surface area contributed by atoms with Gasteiger partial charge in [-0.25, -0.2) is 13.6 Å². The molecule has 0 aliphatic carbocycles. The molecule has 0 radical (unpaired) electrons. The summed E-state index contributed by atoms with van der Waals surface area (Å²) in [4.78, 5) is 22.8. The van der Waals surface area contributed by atoms with Crippen LogP contribution in [0, 0.1) is 17.0 Å². The van der Waals surface area contributed by atoms with Crippen LogP contribution < -0.4 is 11.1 Å². The van der Waals surface area contributed by atoms with E-state index in [1.54, 1.807) is 20.8 Å². The number of hydrogen-bond acceptors (Lipinski definition) is 3. The number of halogens is 2. The summed E-state index contributed by atoms with van der Waals surface area (Å²) in [5.74, 6) is -4.72. The van der Waals surface area contributed by atoms with Gasteiger partial charge in [-0.1, -0.05) is 20.8 Å². The van der Waals surface area contributed by atoms with Crippen molar-refractivity contribution in [1.29, 1.82) is 0 Å². The van der Waals surface area contributed by atoms with Crippen LogP contribution in [0.5, 0.6) is 0 Å². The number of hydrogen-bond donors (Lipinski definition) is 3. The number of amides is 1. The lowest BCUT2D eigenvalue weighted by atomic mass is 9.87. The van der Waals surface area contributed by atoms with E-state index < -0.39 is 40.5 Å². The Labute approximate surface area is 114 Å². The molecule has 0 spiro atoms. The monoisotopic (exact) mass is 286 g/mol. The first kappa shape index (κ1) is 16.0. The highest BCUT2D eigenvalue weighted by Crippen LogP contribution is 2.23. The molecule has 0 bridgehead atoms. The van der Waals surface area contributed by atoms with Gasteiger partial charge in [-0.3, -0.25) is 4.79 Å². The Morgan fingerprint density at radius 1 is 1.25 bits per heavy atom. The van der Waals surface area contributed by atoms with Crippen LogP contribution in [0.2, 0.25) is 0 Å². The topological polar surface area (TPSA) is 92.4 Å². The van der Waals surface area contributed by atoms with E-state index in [4.69, 9.17) is 10.8 Å². The standard InChI is InChI=1S/C13H16F2N2O3/c1-13(2,3)10(16)11(18)17-9-5-8(15)7(14)4-6(9)12(19)20/h4-5,10H,16H2,1-3H3,(H,17,18)(H,19,20)/t10-/m1/s1. The van der Waals surface area contributed by atoms with Gasteiger partial charge in [0.15, 0.2) is 11.6 Å². The molecule has 0 unspecified atom stereocenters. The molecule has 0 heterocycles. The molecule has 4 N–H and O–H groups in total. The number of carbonyl (C=O) groups excluding carboxylic acids is 1. The highest BCUT2D eigenvalue weighted by molar-refractivity contribution is 6.02. The minimum Gasteiger partial charge on any atom is -0.478 e. The number of rotatable bonds is 3. The summed E-state index contributed by atoms with van der Waals surface area (Å²) in [6.45, 7) is 5.17. The van der Waals surface area contributed by atoms with Crippen LogP contribution >= 0.6 is 0 Å². The average Bonchev–Trinajstić information content (AvgIpc) is 2.30. The molecular formula is C13H16F2N2O3. The van der Waals surface area contributed by atoms with Crippen LogP contribution in [0.1, 0.15) is 31.1 Å². The van der Waals surface area contributed by atoms with Gasteiger partial charge in [0, 0.05) is 6.07 Å². The number of carboxylic acid groups (broad SMARTS) is 1. The van der Waals surface area contributed by atoms with Crippen molar-refractivity contribution >= 4 is 17.6 Å². The second-order valence-corrected chi connectivity index (χ2v) is 5.45. The fourth-order valence-electron chi connectivity index (χ4n) is 1.43. The zero-order chi connectivity index (χ0) is 15.7. The van der Waals surface area contributed by atoms with Gasteiger partial charge in [-0.15, -0.1) is 0 Å². The maximum Gasteiger partial charge on any atom is 0.337 e. The van der Waals surface area contributed by atoms with Crippen LogP contribution in [-0.2, 0) is 4.79 Å². The molecule has 110 valence electrons. The zero-order valence-corrected chi connectivity index (χ0v) is 11.3. The molecule has 0 aliphatic heterocycles. The van der Waals surface area contributed by atoms with E-state index >= 15 is 0 Å². The number of aromatic carboxylic acids is 1. The molecule has 1 aromatic rings. The summed E-state index contributed by atoms with van der Waals surface area (Å²) >= 11 is 0. The van der Waals surface area contributed by atoms with Crippen molar-refractivity contribution in [2.24, 2.45) is 11.1 Å². The number of carbonyl (C=O) groups is 2. The highest BCUT2D eigenvalue weighted by atomic mass is 19.2. The smallest absolute Gasteiger partial charge is 0.337 e. The van der Waals surface area contributed by atoms with Crippen molar-refractivity contribution in [3.63, 3.8) is 0 Å². The lowest BCUT2D eigenvalue weighted by Gasteiger charge is -2.26. The van der Waals surface area contributed by atoms with Gasteiger partial charge in [0.2, 0.25) is 5.91 Å². The molecule has 0 aliphatic rings. The Bertz CT molecular complexity index is 553. The molecule has 0 fully saturated rings. The van der Waals surface area contributed by atoms with E-state index in [0.29, 0.717) is 12.1 Å². The van der Waals surface area contributed by atoms with E-state index in [-0.39, 0.29) is 5.69 Å². The Morgan fingerprint density at radius 2 is 1.75 bits per heavy atom. The lowest BCUT2D eigenvalue weighted by molar-refractivity contribution is -0.119. The number of anilines is 1. The minimum atomic E-state index is -1.48. The van der Waals surface area contributed by atoms with Crippen LogP contribution in [0.3, 0.4) is 0 Å². The van der Waals surface area contributed by atoms with E-state index in [0.717, 1.165) is 0 Å². The summed E-state index contributed by atoms with van der Waals surface area (Å²) < 4.78 is 26.2. The van der Waals surface area contributed by atoms with Crippen LogP contribution in [0.25, 0.3) is 0 Å². The Balaban J connectivity index is 3.12. The second-order valence-electron chi connectivity index (χ2n) is 5.45. The normalized spacial score (nSPS) is 12.9. The summed E-state index contributed by atoms with van der Waals surface area (Å²) in [5.41, 5.74) is 4.27. The number of benzene rings is 1. The summed E-state index contributed by atoms with van der Waals surface area (Å²) in [7, 11) is 0. The van der Waals surface area contributed by atoms with Gasteiger partial charge < -0.3 is 16.2 Å². The zero-order valence-electron chi connectivity index (χ0n) is 11.3. The summed E-state index contributed by atoms with van der Waals surface area (Å²) in [5, 5.41) is 11.1. The van der Waals surface area contributed by atoms with E-state index in [9.17, 15) is 18.4 Å². The predicted molar refractivity (Wildman–Crippen MR) is 69.4 cm³/mol. The molecular weight excluding hydrogens is 270 g/mol. The van der Waals surface area contributed by atoms with Crippen molar-refractivity contribution in [1.82, 2.24) is 0 Å². The lowest BCUT2D eigenvalue weighted by Crippen LogP contribution is -2.45. The summed E-state index contributed by atoms with van der Waals surface area (Å²) in [6, 6.07) is 0.194. The van der Waals surface area contributed by atoms with Gasteiger partial charge in [-0.05, 0) is 11.5 Å². The molecule has 0 aromatic heterocycles. The maximum atomic E-state index is 13.2. The molecule has 1 amide bonds. The number of nitrogens with one attached hydrogen (secondary N) is 1. The van der Waals surface area contributed by atoms with Gasteiger partial charge >= 0.3 is 5.97 Å². The van der Waals surface area contributed by atoms with Crippen molar-refractivity contribution in [3.8, 4) is 0 Å². The molecule has 0 saturated carbocycles. The van der Waals surface area contributed by atoms with Gasteiger partial charge in [-0.2, -0.15) is 0 Å². The summed E-state index contributed by atoms with van der Waals surface area (Å²) in [6.07, 6.45) is 0. The van der Waals surface area contributed by atoms with E-state index in [2.05, 4.69) is 5.32 Å². The van der Waals surface area contributed by atoms with Crippen LogP contribution in [-0.4, -0.2) is 23.0 Å². The van der Waals surface area contributed by atoms with Gasteiger partial charge in [0.1, 0.15) is 0 Å². The molecule has 7 heteroatoms. The average molecular weight is 286 g/mol. The largest absolute Gasteiger partial charge is 0.478 e. The van der Waals surface area contributed by atoms with Crippen LogP contribution in [0.15, 0.2) is 12.1 Å². The van der Waals surface area contributed by atoms with E-state index in [1.165, 1.54) is 0 Å². The molecule has 1 rings (SSSR count). The maximum absolute atomic E-state index is 13.2. The third kappa shape index (κ3) is 3.51. The van der Waals surface area contributed by atoms with Crippen molar-refractivity contribution in [3.05, 3.63) is 29.3 Å². The van der Waals surface area contributed by atoms with Crippen molar-refractivity contribution < 1.29 is 23.5 Å². The Hall–Kier alpha value is -2.02. The highest BCUT2D eigenvalue weighted by Gasteiger charge is 2.28. The molecule has 20 heavy (non-hydrogen) atoms. The fraction of sp³-hybridized carbons (Fsp3) is 0.385. The second kappa shape index (κ2) is 5.54. The predicted octanol–water partition coefficient (Wildman–Crippen LogP) is 1.97. The van der Waals surface area contributed by atoms with Crippen LogP contribution in [0.4, 0.5) is 14.5 Å². The third-order valence-electron chi connectivity index (χ3n) is 2.76. The van der Waals surface area contributed by atoms with Crippen molar-refractivity contribution in [2.45, 2.75) is 26.8 Å². The first-order valence-corrected chi connectivity index (χ1v) is 5.83. The van der Waals surface area contributed by atoms with Gasteiger partial charge in [0.05, 0.1) is 17.3 Å². The third-order valence-corrected chi connectivity index (χ3v) is 2.76. The van der Waals surface area contributed by atoms with E-state index in [1.807, 2.05) is 0 Å². The molecule has 5 nitrogen and oxygen atoms in total. The Morgan fingerprint density at radius 3 is 2.20 bits per heavy atom. The first-order chi connectivity index (χ1) is 9.04. The molecule has 1 aromatic carbocycles. The fourth-order valence-corrected chi connectivity index (χ4v) is 1.43. The van der Waals surface area contributed by atoms with Gasteiger partial charge in [0.25, 0.3) is 0 Å². The quantitative estimate of drug-likeness (QED) is 0.792. The number of nitrogens with two attached hydrogens (primary N) is 1. The van der Waals surface area contributed by atoms with Crippen molar-refractivity contribution in [2.75, 3.05) is 5.32 Å². The minimum absolute atomic E-state index is 0.332. The molecule has 1 atom stereocenters. The SMILES string of the molecule is CC(C)(C)[C@H](N)C(=O)Nc1cc(F)c(F)cc1C(=O)O. The number of carboxylic acids is 1. The molecule has 0 saturated heterocycles.